The summed E-state index contributed by atoms with van der Waals surface area (Å²) in [6.45, 7) is 0. The van der Waals surface area contributed by atoms with E-state index in [0.717, 1.165) is 12.2 Å². The number of ether oxygens (including phenoxy) is 3. The van der Waals surface area contributed by atoms with E-state index in [1.54, 1.807) is 12.1 Å². The zero-order valence-corrected chi connectivity index (χ0v) is 18.5. The number of esters is 1. The second kappa shape index (κ2) is 12.3. The van der Waals surface area contributed by atoms with Gasteiger partial charge in [0.25, 0.3) is 0 Å². The van der Waals surface area contributed by atoms with Crippen molar-refractivity contribution in [2.24, 2.45) is 5.92 Å². The largest absolute Gasteiger partial charge is 0.494 e. The van der Waals surface area contributed by atoms with Crippen LogP contribution in [0, 0.1) is 17.6 Å². The molecule has 0 aliphatic heterocycles. The molecule has 0 spiro atoms. The molecule has 0 saturated carbocycles. The quantitative estimate of drug-likeness (QED) is 0.282. The van der Waals surface area contributed by atoms with E-state index in [-0.39, 0.29) is 24.3 Å². The van der Waals surface area contributed by atoms with Crippen LogP contribution in [0.15, 0.2) is 48.6 Å². The average molecular weight is 458 g/mol. The Hall–Kier alpha value is -3.81. The Morgan fingerprint density at radius 3 is 1.64 bits per heavy atom. The van der Waals surface area contributed by atoms with E-state index in [9.17, 15) is 23.2 Å². The molecule has 0 aliphatic carbocycles. The molecular formula is C25H24F2O6. The molecule has 2 aromatic rings. The maximum Gasteiger partial charge on any atom is 0.305 e. The summed E-state index contributed by atoms with van der Waals surface area (Å²) in [7, 11) is 3.88. The Morgan fingerprint density at radius 1 is 0.818 bits per heavy atom. The van der Waals surface area contributed by atoms with Crippen LogP contribution in [0.3, 0.4) is 0 Å². The molecule has 0 fully saturated rings. The summed E-state index contributed by atoms with van der Waals surface area (Å²) in [5.41, 5.74) is 0.787. The minimum absolute atomic E-state index is 0.0599. The Morgan fingerprint density at radius 2 is 1.27 bits per heavy atom. The molecule has 174 valence electrons. The molecule has 2 rings (SSSR count). The van der Waals surface area contributed by atoms with E-state index in [1.165, 1.54) is 57.7 Å². The molecule has 0 atom stereocenters. The van der Waals surface area contributed by atoms with Gasteiger partial charge in [0.05, 0.1) is 27.2 Å². The van der Waals surface area contributed by atoms with Gasteiger partial charge >= 0.3 is 5.97 Å². The highest BCUT2D eigenvalue weighted by atomic mass is 19.1. The number of benzene rings is 2. The zero-order chi connectivity index (χ0) is 24.4. The molecular weight excluding hydrogens is 434 g/mol. The normalized spacial score (nSPS) is 11.2. The van der Waals surface area contributed by atoms with Crippen molar-refractivity contribution < 1.29 is 37.4 Å². The topological polar surface area (TPSA) is 78.9 Å². The molecule has 6 nitrogen and oxygen atoms in total. The van der Waals surface area contributed by atoms with Crippen LogP contribution in [0.5, 0.6) is 11.5 Å². The highest BCUT2D eigenvalue weighted by Crippen LogP contribution is 2.21. The standard InChI is InChI=1S/C25H24F2O6/c1-31-23-11-6-16(14-19(23)26)4-9-21(28)18(8-13-25(30)33-3)22(29)10-5-17-7-12-24(32-2)20(27)15-17/h4-7,9-12,14-15,18H,8,13H2,1-3H3/b9-4+,10-5+. The number of carbonyl (C=O) groups excluding carboxylic acids is 3. The van der Waals surface area contributed by atoms with Crippen LogP contribution in [0.1, 0.15) is 24.0 Å². The van der Waals surface area contributed by atoms with Crippen LogP contribution >= 0.6 is 0 Å². The predicted molar refractivity (Wildman–Crippen MR) is 119 cm³/mol. The Balaban J connectivity index is 2.20. The van der Waals surface area contributed by atoms with Crippen LogP contribution in [-0.4, -0.2) is 38.9 Å². The molecule has 0 heterocycles. The molecule has 0 aliphatic rings. The van der Waals surface area contributed by atoms with Gasteiger partial charge in [0, 0.05) is 6.42 Å². The fourth-order valence-electron chi connectivity index (χ4n) is 2.95. The number of hydrogen-bond donors (Lipinski definition) is 0. The second-order valence-electron chi connectivity index (χ2n) is 6.93. The van der Waals surface area contributed by atoms with Gasteiger partial charge in [-0.2, -0.15) is 0 Å². The first kappa shape index (κ1) is 25.5. The highest BCUT2D eigenvalue weighted by molar-refractivity contribution is 6.13. The number of hydrogen-bond acceptors (Lipinski definition) is 6. The van der Waals surface area contributed by atoms with Crippen LogP contribution in [0.25, 0.3) is 12.2 Å². The van der Waals surface area contributed by atoms with E-state index in [2.05, 4.69) is 4.74 Å². The molecule has 0 amide bonds. The van der Waals surface area contributed by atoms with E-state index in [4.69, 9.17) is 9.47 Å². The molecule has 8 heteroatoms. The van der Waals surface area contributed by atoms with E-state index in [1.807, 2.05) is 0 Å². The third-order valence-electron chi connectivity index (χ3n) is 4.78. The molecule has 0 aromatic heterocycles. The Kier molecular flexibility index (Phi) is 9.47. The summed E-state index contributed by atoms with van der Waals surface area (Å²) in [6.07, 6.45) is 4.82. The number of rotatable bonds is 11. The van der Waals surface area contributed by atoms with Crippen LogP contribution in [0.4, 0.5) is 8.78 Å². The lowest BCUT2D eigenvalue weighted by Crippen LogP contribution is -2.22. The number of carbonyl (C=O) groups is 3. The van der Waals surface area contributed by atoms with Gasteiger partial charge < -0.3 is 14.2 Å². The zero-order valence-electron chi connectivity index (χ0n) is 18.5. The lowest BCUT2D eigenvalue weighted by atomic mass is 9.92. The van der Waals surface area contributed by atoms with Crippen molar-refractivity contribution in [3.05, 3.63) is 71.3 Å². The third-order valence-corrected chi connectivity index (χ3v) is 4.78. The highest BCUT2D eigenvalue weighted by Gasteiger charge is 2.24. The first-order chi connectivity index (χ1) is 15.8. The summed E-state index contributed by atoms with van der Waals surface area (Å²) in [6, 6.07) is 8.30. The third kappa shape index (κ3) is 7.38. The summed E-state index contributed by atoms with van der Waals surface area (Å²) >= 11 is 0. The smallest absolute Gasteiger partial charge is 0.305 e. The number of allylic oxidation sites excluding steroid dienone is 2. The van der Waals surface area contributed by atoms with Crippen molar-refractivity contribution in [3.8, 4) is 11.5 Å². The second-order valence-corrected chi connectivity index (χ2v) is 6.93. The number of halogens is 2. The van der Waals surface area contributed by atoms with Crippen molar-refractivity contribution in [1.29, 1.82) is 0 Å². The number of ketones is 2. The van der Waals surface area contributed by atoms with Gasteiger partial charge in [-0.1, -0.05) is 24.3 Å². The van der Waals surface area contributed by atoms with E-state index in [0.29, 0.717) is 11.1 Å². The number of methoxy groups -OCH3 is 3. The fourth-order valence-corrected chi connectivity index (χ4v) is 2.95. The van der Waals surface area contributed by atoms with E-state index < -0.39 is 35.1 Å². The van der Waals surface area contributed by atoms with Crippen molar-refractivity contribution in [1.82, 2.24) is 0 Å². The average Bonchev–Trinajstić information content (AvgIpc) is 2.81. The first-order valence-corrected chi connectivity index (χ1v) is 9.96. The van der Waals surface area contributed by atoms with Gasteiger partial charge in [-0.15, -0.1) is 0 Å². The monoisotopic (exact) mass is 458 g/mol. The molecule has 0 N–H and O–H groups in total. The Labute approximate surface area is 190 Å². The molecule has 0 bridgehead atoms. The molecule has 0 saturated heterocycles. The van der Waals surface area contributed by atoms with Gasteiger partial charge in [-0.25, -0.2) is 8.78 Å². The van der Waals surface area contributed by atoms with Crippen LogP contribution in [0.2, 0.25) is 0 Å². The summed E-state index contributed by atoms with van der Waals surface area (Å²) in [5, 5.41) is 0. The maximum absolute atomic E-state index is 13.9. The van der Waals surface area contributed by atoms with E-state index >= 15 is 0 Å². The summed E-state index contributed by atoms with van der Waals surface area (Å²) < 4.78 is 42.0. The van der Waals surface area contributed by atoms with Crippen molar-refractivity contribution in [2.75, 3.05) is 21.3 Å². The molecule has 2 aromatic carbocycles. The van der Waals surface area contributed by atoms with Crippen LogP contribution < -0.4 is 9.47 Å². The molecule has 33 heavy (non-hydrogen) atoms. The Bertz CT molecular complexity index is 999. The van der Waals surface area contributed by atoms with Crippen molar-refractivity contribution in [3.63, 3.8) is 0 Å². The maximum atomic E-state index is 13.9. The minimum atomic E-state index is -1.16. The van der Waals surface area contributed by atoms with Gasteiger partial charge in [-0.3, -0.25) is 14.4 Å². The lowest BCUT2D eigenvalue weighted by molar-refractivity contribution is -0.141. The van der Waals surface area contributed by atoms with Crippen LogP contribution in [-0.2, 0) is 19.1 Å². The van der Waals surface area contributed by atoms with Crippen molar-refractivity contribution in [2.45, 2.75) is 12.8 Å². The van der Waals surface area contributed by atoms with Crippen molar-refractivity contribution >= 4 is 29.7 Å². The predicted octanol–water partition coefficient (Wildman–Crippen LogP) is 4.42. The van der Waals surface area contributed by atoms with Gasteiger partial charge in [0.2, 0.25) is 0 Å². The summed E-state index contributed by atoms with van der Waals surface area (Å²) in [4.78, 5) is 37.0. The fraction of sp³-hybridized carbons (Fsp3) is 0.240. The summed E-state index contributed by atoms with van der Waals surface area (Å²) in [5.74, 6) is -3.93. The van der Waals surface area contributed by atoms with Gasteiger partial charge in [0.15, 0.2) is 34.7 Å². The minimum Gasteiger partial charge on any atom is -0.494 e. The van der Waals surface area contributed by atoms with Gasteiger partial charge in [-0.05, 0) is 54.0 Å². The lowest BCUT2D eigenvalue weighted by Gasteiger charge is -2.10. The first-order valence-electron chi connectivity index (χ1n) is 9.96. The SMILES string of the molecule is COC(=O)CCC(C(=O)/C=C/c1ccc(OC)c(F)c1)C(=O)/C=C/c1ccc(OC)c(F)c1. The molecule has 0 unspecified atom stereocenters. The molecule has 0 radical (unpaired) electrons. The van der Waals surface area contributed by atoms with Gasteiger partial charge in [0.1, 0.15) is 0 Å².